The molecular weight excluding hydrogens is 313 g/mol. The van der Waals surface area contributed by atoms with Gasteiger partial charge in [0, 0.05) is 26.7 Å². The van der Waals surface area contributed by atoms with E-state index in [0.717, 1.165) is 12.1 Å². The van der Waals surface area contributed by atoms with Crippen molar-refractivity contribution < 1.29 is 9.59 Å². The first-order chi connectivity index (χ1) is 9.97. The molecule has 0 aromatic heterocycles. The summed E-state index contributed by atoms with van der Waals surface area (Å²) in [6.45, 7) is 2.11. The molecule has 5 nitrogen and oxygen atoms in total. The Balaban J connectivity index is 1.92. The van der Waals surface area contributed by atoms with Crippen LogP contribution in [-0.4, -0.2) is 54.8 Å². The quantitative estimate of drug-likeness (QED) is 0.908. The van der Waals surface area contributed by atoms with Crippen molar-refractivity contribution in [3.05, 3.63) is 33.8 Å². The Bertz CT molecular complexity index is 551. The highest BCUT2D eigenvalue weighted by atomic mass is 35.5. The molecule has 0 atom stereocenters. The van der Waals surface area contributed by atoms with Gasteiger partial charge in [-0.1, -0.05) is 29.3 Å². The average Bonchev–Trinajstić information content (AvgIpc) is 2.45. The molecule has 7 heteroatoms. The zero-order valence-corrected chi connectivity index (χ0v) is 13.2. The molecule has 21 heavy (non-hydrogen) atoms. The molecule has 2 rings (SSSR count). The standard InChI is InChI=1S/C14H17Cl2N3O2/c1-18(8-10-2-3-11(15)12(16)6-10)14(21)9-19-5-4-17-7-13(19)20/h2-3,6,17H,4-5,7-9H2,1H3. The van der Waals surface area contributed by atoms with E-state index in [1.807, 2.05) is 6.07 Å². The number of rotatable bonds is 4. The Morgan fingerprint density at radius 1 is 1.38 bits per heavy atom. The summed E-state index contributed by atoms with van der Waals surface area (Å²) in [4.78, 5) is 27.0. The number of hydrogen-bond acceptors (Lipinski definition) is 3. The van der Waals surface area contributed by atoms with Gasteiger partial charge in [0.2, 0.25) is 11.8 Å². The topological polar surface area (TPSA) is 52.7 Å². The number of carbonyl (C=O) groups excluding carboxylic acids is 2. The molecule has 0 radical (unpaired) electrons. The lowest BCUT2D eigenvalue weighted by atomic mass is 10.2. The molecule has 0 unspecified atom stereocenters. The highest BCUT2D eigenvalue weighted by Gasteiger charge is 2.21. The van der Waals surface area contributed by atoms with Crippen LogP contribution in [0.5, 0.6) is 0 Å². The van der Waals surface area contributed by atoms with Crippen molar-refractivity contribution in [3.63, 3.8) is 0 Å². The van der Waals surface area contributed by atoms with Crippen LogP contribution in [0.2, 0.25) is 10.0 Å². The van der Waals surface area contributed by atoms with E-state index < -0.39 is 0 Å². The van der Waals surface area contributed by atoms with Gasteiger partial charge in [-0.3, -0.25) is 9.59 Å². The van der Waals surface area contributed by atoms with E-state index in [1.165, 1.54) is 0 Å². The maximum atomic E-state index is 12.2. The van der Waals surface area contributed by atoms with Crippen LogP contribution in [0.25, 0.3) is 0 Å². The molecule has 1 heterocycles. The normalized spacial score (nSPS) is 15.2. The Kier molecular flexibility index (Phi) is 5.45. The first-order valence-corrected chi connectivity index (χ1v) is 7.39. The van der Waals surface area contributed by atoms with E-state index in [1.54, 1.807) is 29.0 Å². The monoisotopic (exact) mass is 329 g/mol. The van der Waals surface area contributed by atoms with Crippen LogP contribution < -0.4 is 5.32 Å². The van der Waals surface area contributed by atoms with Crippen molar-refractivity contribution in [1.29, 1.82) is 0 Å². The number of likely N-dealkylation sites (N-methyl/N-ethyl adjacent to an activating group) is 1. The number of carbonyl (C=O) groups is 2. The Labute approximate surface area is 133 Å². The molecule has 1 aromatic rings. The van der Waals surface area contributed by atoms with Crippen molar-refractivity contribution in [3.8, 4) is 0 Å². The van der Waals surface area contributed by atoms with Crippen molar-refractivity contribution in [2.24, 2.45) is 0 Å². The van der Waals surface area contributed by atoms with Crippen LogP contribution in [0.3, 0.4) is 0 Å². The number of halogens is 2. The van der Waals surface area contributed by atoms with Crippen LogP contribution >= 0.6 is 23.2 Å². The smallest absolute Gasteiger partial charge is 0.242 e. The van der Waals surface area contributed by atoms with E-state index in [4.69, 9.17) is 23.2 Å². The van der Waals surface area contributed by atoms with Gasteiger partial charge in [0.1, 0.15) is 0 Å². The number of amides is 2. The maximum Gasteiger partial charge on any atom is 0.242 e. The minimum Gasteiger partial charge on any atom is -0.340 e. The van der Waals surface area contributed by atoms with Gasteiger partial charge in [0.25, 0.3) is 0 Å². The average molecular weight is 330 g/mol. The molecule has 1 aromatic carbocycles. The molecule has 1 aliphatic rings. The molecular formula is C14H17Cl2N3O2. The van der Waals surface area contributed by atoms with Crippen LogP contribution in [0.1, 0.15) is 5.56 Å². The summed E-state index contributed by atoms with van der Waals surface area (Å²) < 4.78 is 0. The maximum absolute atomic E-state index is 12.2. The Morgan fingerprint density at radius 3 is 2.81 bits per heavy atom. The summed E-state index contributed by atoms with van der Waals surface area (Å²) >= 11 is 11.8. The summed E-state index contributed by atoms with van der Waals surface area (Å²) in [5, 5.41) is 3.93. The Morgan fingerprint density at radius 2 is 2.14 bits per heavy atom. The number of nitrogens with zero attached hydrogens (tertiary/aromatic N) is 2. The third-order valence-electron chi connectivity index (χ3n) is 3.34. The molecule has 1 N–H and O–H groups in total. The number of benzene rings is 1. The number of piperazine rings is 1. The fourth-order valence-corrected chi connectivity index (χ4v) is 2.42. The second-order valence-corrected chi connectivity index (χ2v) is 5.80. The number of hydrogen-bond donors (Lipinski definition) is 1. The van der Waals surface area contributed by atoms with E-state index >= 15 is 0 Å². The molecule has 0 bridgehead atoms. The summed E-state index contributed by atoms with van der Waals surface area (Å²) in [6.07, 6.45) is 0. The van der Waals surface area contributed by atoms with Gasteiger partial charge < -0.3 is 15.1 Å². The third kappa shape index (κ3) is 4.33. The van der Waals surface area contributed by atoms with Gasteiger partial charge in [-0.05, 0) is 17.7 Å². The minimum atomic E-state index is -0.101. The summed E-state index contributed by atoms with van der Waals surface area (Å²) in [6, 6.07) is 5.27. The third-order valence-corrected chi connectivity index (χ3v) is 4.08. The lowest BCUT2D eigenvalue weighted by Crippen LogP contribution is -2.51. The zero-order chi connectivity index (χ0) is 15.4. The zero-order valence-electron chi connectivity index (χ0n) is 11.7. The second-order valence-electron chi connectivity index (χ2n) is 4.99. The molecule has 1 fully saturated rings. The Hall–Kier alpha value is -1.30. The molecule has 114 valence electrons. The van der Waals surface area contributed by atoms with Crippen LogP contribution in [-0.2, 0) is 16.1 Å². The summed E-state index contributed by atoms with van der Waals surface area (Å²) in [7, 11) is 1.71. The van der Waals surface area contributed by atoms with E-state index in [0.29, 0.717) is 29.7 Å². The lowest BCUT2D eigenvalue weighted by Gasteiger charge is -2.28. The highest BCUT2D eigenvalue weighted by Crippen LogP contribution is 2.23. The molecule has 0 saturated carbocycles. The fourth-order valence-electron chi connectivity index (χ4n) is 2.10. The second kappa shape index (κ2) is 7.11. The van der Waals surface area contributed by atoms with Crippen molar-refractivity contribution in [2.45, 2.75) is 6.54 Å². The summed E-state index contributed by atoms with van der Waals surface area (Å²) in [5.74, 6) is -0.145. The molecule has 2 amide bonds. The first kappa shape index (κ1) is 16.1. The van der Waals surface area contributed by atoms with Crippen molar-refractivity contribution in [2.75, 3.05) is 33.2 Å². The predicted octanol–water partition coefficient (Wildman–Crippen LogP) is 1.38. The molecule has 1 saturated heterocycles. The van der Waals surface area contributed by atoms with Gasteiger partial charge in [-0.15, -0.1) is 0 Å². The van der Waals surface area contributed by atoms with Gasteiger partial charge in [-0.25, -0.2) is 0 Å². The van der Waals surface area contributed by atoms with Gasteiger partial charge in [0.05, 0.1) is 23.1 Å². The molecule has 0 spiro atoms. The van der Waals surface area contributed by atoms with Gasteiger partial charge in [-0.2, -0.15) is 0 Å². The van der Waals surface area contributed by atoms with Crippen LogP contribution in [0.4, 0.5) is 0 Å². The largest absolute Gasteiger partial charge is 0.340 e. The van der Waals surface area contributed by atoms with E-state index in [9.17, 15) is 9.59 Å². The summed E-state index contributed by atoms with van der Waals surface area (Å²) in [5.41, 5.74) is 0.895. The first-order valence-electron chi connectivity index (χ1n) is 6.64. The predicted molar refractivity (Wildman–Crippen MR) is 82.4 cm³/mol. The lowest BCUT2D eigenvalue weighted by molar-refractivity contribution is -0.140. The van der Waals surface area contributed by atoms with E-state index in [-0.39, 0.29) is 18.4 Å². The van der Waals surface area contributed by atoms with Crippen molar-refractivity contribution in [1.82, 2.24) is 15.1 Å². The highest BCUT2D eigenvalue weighted by molar-refractivity contribution is 6.42. The van der Waals surface area contributed by atoms with Crippen molar-refractivity contribution >= 4 is 35.0 Å². The minimum absolute atomic E-state index is 0.0439. The SMILES string of the molecule is CN(Cc1ccc(Cl)c(Cl)c1)C(=O)CN1CCNCC1=O. The van der Waals surface area contributed by atoms with Crippen LogP contribution in [0, 0.1) is 0 Å². The van der Waals surface area contributed by atoms with Gasteiger partial charge >= 0.3 is 0 Å². The molecule has 1 aliphatic heterocycles. The molecule has 0 aliphatic carbocycles. The fraction of sp³-hybridized carbons (Fsp3) is 0.429. The van der Waals surface area contributed by atoms with E-state index in [2.05, 4.69) is 5.32 Å². The van der Waals surface area contributed by atoms with Crippen LogP contribution in [0.15, 0.2) is 18.2 Å². The number of nitrogens with one attached hydrogen (secondary N) is 1. The van der Waals surface area contributed by atoms with Gasteiger partial charge in [0.15, 0.2) is 0 Å².